The van der Waals surface area contributed by atoms with Gasteiger partial charge in [-0.25, -0.2) is 0 Å². The molecule has 0 saturated carbocycles. The van der Waals surface area contributed by atoms with E-state index in [0.717, 1.165) is 4.47 Å². The Kier molecular flexibility index (Phi) is 2.76. The van der Waals surface area contributed by atoms with Gasteiger partial charge in [-0.05, 0) is 46.2 Å². The van der Waals surface area contributed by atoms with E-state index in [-0.39, 0.29) is 5.41 Å². The Morgan fingerprint density at radius 2 is 1.55 bits per heavy atom. The van der Waals surface area contributed by atoms with Gasteiger partial charge >= 0.3 is 0 Å². The van der Waals surface area contributed by atoms with Crippen LogP contribution in [-0.4, -0.2) is 4.40 Å². The van der Waals surface area contributed by atoms with Gasteiger partial charge in [0.25, 0.3) is 0 Å². The monoisotopic (exact) mass is 435 g/mol. The minimum atomic E-state index is -0.0611. The molecule has 0 fully saturated rings. The molecule has 1 nitrogen and oxygen atoms in total. The molecule has 0 N–H and O–H groups in total. The average Bonchev–Trinajstić information content (AvgIpc) is 3.31. The summed E-state index contributed by atoms with van der Waals surface area (Å²) in [5.41, 5.74) is 8.23. The maximum absolute atomic E-state index is 3.70. The third-order valence-electron chi connectivity index (χ3n) is 6.91. The van der Waals surface area contributed by atoms with Crippen LogP contribution in [0.25, 0.3) is 49.1 Å². The van der Waals surface area contributed by atoms with Crippen molar-refractivity contribution < 1.29 is 0 Å². The van der Waals surface area contributed by atoms with Crippen LogP contribution in [0.2, 0.25) is 0 Å². The van der Waals surface area contributed by atoms with Crippen LogP contribution in [0, 0.1) is 0 Å². The minimum Gasteiger partial charge on any atom is -0.311 e. The Bertz CT molecular complexity index is 1630. The Labute approximate surface area is 177 Å². The van der Waals surface area contributed by atoms with Crippen LogP contribution >= 0.6 is 15.9 Å². The number of nitrogens with zero attached hydrogens (tertiary/aromatic N) is 1. The number of benzene rings is 4. The molecule has 6 aromatic rings. The molecule has 0 aliphatic heterocycles. The fraction of sp³-hybridized carbons (Fsp3) is 0.111. The van der Waals surface area contributed by atoms with E-state index >= 15 is 0 Å². The third kappa shape index (κ3) is 1.74. The summed E-state index contributed by atoms with van der Waals surface area (Å²) in [4.78, 5) is 0. The second kappa shape index (κ2) is 5.01. The first-order valence-electron chi connectivity index (χ1n) is 10.1. The number of halogens is 1. The zero-order valence-electron chi connectivity index (χ0n) is 16.3. The van der Waals surface area contributed by atoms with E-state index in [1.165, 1.54) is 60.3 Å². The first kappa shape index (κ1) is 16.0. The fourth-order valence-electron chi connectivity index (χ4n) is 5.75. The van der Waals surface area contributed by atoms with Crippen molar-refractivity contribution in [2.45, 2.75) is 19.3 Å². The molecule has 138 valence electrons. The predicted octanol–water partition coefficient (Wildman–Crippen LogP) is 7.91. The molecule has 7 rings (SSSR count). The molecule has 1 aliphatic rings. The van der Waals surface area contributed by atoms with Crippen LogP contribution in [0.5, 0.6) is 0 Å². The number of para-hydroxylation sites is 1. The van der Waals surface area contributed by atoms with Gasteiger partial charge < -0.3 is 4.40 Å². The molecule has 0 atom stereocenters. The Balaban J connectivity index is 1.85. The maximum Gasteiger partial charge on any atom is 0.0624 e. The highest BCUT2D eigenvalue weighted by Crippen LogP contribution is 2.56. The van der Waals surface area contributed by atoms with Crippen LogP contribution in [-0.2, 0) is 5.41 Å². The van der Waals surface area contributed by atoms with Crippen molar-refractivity contribution >= 4 is 53.9 Å². The summed E-state index contributed by atoms with van der Waals surface area (Å²) in [7, 11) is 0. The van der Waals surface area contributed by atoms with E-state index in [2.05, 4.69) is 107 Å². The van der Waals surface area contributed by atoms with Crippen LogP contribution in [0.3, 0.4) is 0 Å². The van der Waals surface area contributed by atoms with Gasteiger partial charge in [0.05, 0.1) is 11.0 Å². The lowest BCUT2D eigenvalue weighted by atomic mass is 9.85. The second-order valence-electron chi connectivity index (χ2n) is 8.76. The number of fused-ring (bicyclic) bond motifs is 10. The first-order valence-corrected chi connectivity index (χ1v) is 10.9. The van der Waals surface area contributed by atoms with Crippen LogP contribution in [0.1, 0.15) is 25.1 Å². The minimum absolute atomic E-state index is 0.0611. The molecule has 0 bridgehead atoms. The summed E-state index contributed by atoms with van der Waals surface area (Å²) in [5.74, 6) is 0. The quantitative estimate of drug-likeness (QED) is 0.228. The molecule has 0 saturated heterocycles. The van der Waals surface area contributed by atoms with Gasteiger partial charge in [0.15, 0.2) is 0 Å². The summed E-state index contributed by atoms with van der Waals surface area (Å²) in [6.07, 6.45) is 0. The molecule has 2 aromatic heterocycles. The number of aromatic nitrogens is 1. The lowest BCUT2D eigenvalue weighted by Gasteiger charge is -2.22. The van der Waals surface area contributed by atoms with Crippen molar-refractivity contribution in [2.75, 3.05) is 0 Å². The van der Waals surface area contributed by atoms with Gasteiger partial charge in [-0.15, -0.1) is 0 Å². The van der Waals surface area contributed by atoms with Crippen molar-refractivity contribution in [2.24, 2.45) is 0 Å². The van der Waals surface area contributed by atoms with E-state index in [0.29, 0.717) is 0 Å². The molecule has 1 aliphatic carbocycles. The molecule has 0 amide bonds. The molecule has 0 radical (unpaired) electrons. The van der Waals surface area contributed by atoms with Crippen LogP contribution < -0.4 is 0 Å². The molecule has 0 spiro atoms. The zero-order valence-corrected chi connectivity index (χ0v) is 17.8. The van der Waals surface area contributed by atoms with Gasteiger partial charge in [0.1, 0.15) is 0 Å². The number of rotatable bonds is 0. The summed E-state index contributed by atoms with van der Waals surface area (Å²) in [6, 6.07) is 26.9. The summed E-state index contributed by atoms with van der Waals surface area (Å²) in [5, 5.41) is 6.77. The Morgan fingerprint density at radius 1 is 0.793 bits per heavy atom. The number of hydrogen-bond acceptors (Lipinski definition) is 0. The lowest BCUT2D eigenvalue weighted by Crippen LogP contribution is -2.17. The van der Waals surface area contributed by atoms with Crippen LogP contribution in [0.4, 0.5) is 0 Å². The normalized spacial score (nSPS) is 15.0. The van der Waals surface area contributed by atoms with Gasteiger partial charge in [0, 0.05) is 37.3 Å². The summed E-state index contributed by atoms with van der Waals surface area (Å²) < 4.78 is 3.70. The molecule has 29 heavy (non-hydrogen) atoms. The first-order chi connectivity index (χ1) is 14.1. The Hall–Kier alpha value is -2.84. The van der Waals surface area contributed by atoms with Crippen molar-refractivity contribution in [3.05, 3.63) is 88.5 Å². The third-order valence-corrected chi connectivity index (χ3v) is 7.40. The molecule has 4 aromatic carbocycles. The van der Waals surface area contributed by atoms with E-state index < -0.39 is 0 Å². The maximum atomic E-state index is 3.70. The standard InChI is InChI=1S/C27H18BrN/c1-27(2)21-14-16(28)11-12-18(21)24-20-13-15-7-3-4-8-17(15)23-19-9-5-6-10-22(19)29(25(20)23)26(24)27/h3-14H,1-2H3. The summed E-state index contributed by atoms with van der Waals surface area (Å²) >= 11 is 3.70. The second-order valence-corrected chi connectivity index (χ2v) is 9.68. The predicted molar refractivity (Wildman–Crippen MR) is 126 cm³/mol. The molecule has 2 heteroatoms. The van der Waals surface area contributed by atoms with E-state index in [1.54, 1.807) is 0 Å². The molecular formula is C27H18BrN. The Morgan fingerprint density at radius 3 is 2.41 bits per heavy atom. The summed E-state index contributed by atoms with van der Waals surface area (Å²) in [6.45, 7) is 4.74. The van der Waals surface area contributed by atoms with Crippen molar-refractivity contribution in [1.29, 1.82) is 0 Å². The SMILES string of the molecule is CC1(C)c2cc(Br)ccc2-c2c1n1c3ccccc3c3c4ccccc4cc2c31. The van der Waals surface area contributed by atoms with Crippen LogP contribution in [0.15, 0.2) is 77.3 Å². The fourth-order valence-corrected chi connectivity index (χ4v) is 6.11. The van der Waals surface area contributed by atoms with Crippen molar-refractivity contribution in [3.63, 3.8) is 0 Å². The van der Waals surface area contributed by atoms with E-state index in [4.69, 9.17) is 0 Å². The zero-order chi connectivity index (χ0) is 19.5. The molecule has 2 heterocycles. The van der Waals surface area contributed by atoms with E-state index in [1.807, 2.05) is 0 Å². The molecular weight excluding hydrogens is 418 g/mol. The number of hydrogen-bond donors (Lipinski definition) is 0. The average molecular weight is 436 g/mol. The lowest BCUT2D eigenvalue weighted by molar-refractivity contribution is 0.633. The van der Waals surface area contributed by atoms with Crippen molar-refractivity contribution in [3.8, 4) is 11.1 Å². The molecule has 0 unspecified atom stereocenters. The van der Waals surface area contributed by atoms with Gasteiger partial charge in [-0.3, -0.25) is 0 Å². The highest BCUT2D eigenvalue weighted by atomic mass is 79.9. The smallest absolute Gasteiger partial charge is 0.0624 e. The van der Waals surface area contributed by atoms with Crippen molar-refractivity contribution in [1.82, 2.24) is 4.40 Å². The van der Waals surface area contributed by atoms with Gasteiger partial charge in [0.2, 0.25) is 0 Å². The van der Waals surface area contributed by atoms with Gasteiger partial charge in [-0.2, -0.15) is 0 Å². The van der Waals surface area contributed by atoms with Gasteiger partial charge in [-0.1, -0.05) is 78.3 Å². The largest absolute Gasteiger partial charge is 0.311 e. The highest BCUT2D eigenvalue weighted by Gasteiger charge is 2.41. The highest BCUT2D eigenvalue weighted by molar-refractivity contribution is 9.10. The van der Waals surface area contributed by atoms with E-state index in [9.17, 15) is 0 Å². The topological polar surface area (TPSA) is 4.41 Å².